The summed E-state index contributed by atoms with van der Waals surface area (Å²) in [5.41, 5.74) is 0.325. The van der Waals surface area contributed by atoms with Crippen LogP contribution in [0.2, 0.25) is 5.02 Å². The maximum Gasteiger partial charge on any atom is 0.250 e. The Kier molecular flexibility index (Phi) is 4.88. The second-order valence-corrected chi connectivity index (χ2v) is 6.21. The van der Waals surface area contributed by atoms with Crippen molar-refractivity contribution in [2.24, 2.45) is 0 Å². The van der Waals surface area contributed by atoms with Gasteiger partial charge in [-0.3, -0.25) is 14.5 Å². The molecule has 4 nitrogen and oxygen atoms in total. The van der Waals surface area contributed by atoms with E-state index in [2.05, 4.69) is 21.2 Å². The monoisotopic (exact) mass is 376 g/mol. The zero-order chi connectivity index (χ0) is 15.7. The summed E-state index contributed by atoms with van der Waals surface area (Å²) >= 11 is 9.29. The molecule has 1 aromatic rings. The molecule has 1 aromatic carbocycles. The lowest BCUT2D eigenvalue weighted by Crippen LogP contribution is -2.62. The van der Waals surface area contributed by atoms with Crippen LogP contribution in [0.5, 0.6) is 0 Å². The maximum atomic E-state index is 13.3. The molecule has 2 amide bonds. The normalized spacial score (nSPS) is 22.4. The minimum atomic E-state index is -0.704. The highest BCUT2D eigenvalue weighted by molar-refractivity contribution is 9.10. The average molecular weight is 378 g/mol. The van der Waals surface area contributed by atoms with Crippen molar-refractivity contribution in [3.63, 3.8) is 0 Å². The van der Waals surface area contributed by atoms with Gasteiger partial charge in [-0.15, -0.1) is 0 Å². The zero-order valence-corrected chi connectivity index (χ0v) is 14.0. The second kappa shape index (κ2) is 6.32. The molecule has 21 heavy (non-hydrogen) atoms. The minimum Gasteiger partial charge on any atom is -0.342 e. The Labute approximate surface area is 135 Å². The quantitative estimate of drug-likeness (QED) is 0.879. The Morgan fingerprint density at radius 3 is 2.67 bits per heavy atom. The highest BCUT2D eigenvalue weighted by atomic mass is 79.9. The fourth-order valence-corrected chi connectivity index (χ4v) is 3.42. The van der Waals surface area contributed by atoms with Gasteiger partial charge in [0.2, 0.25) is 11.8 Å². The molecule has 1 saturated heterocycles. The van der Waals surface area contributed by atoms with Gasteiger partial charge in [-0.1, -0.05) is 24.9 Å². The van der Waals surface area contributed by atoms with Gasteiger partial charge in [0.05, 0.1) is 10.7 Å². The molecule has 0 bridgehead atoms. The number of hydrogen-bond donors (Lipinski definition) is 1. The van der Waals surface area contributed by atoms with E-state index >= 15 is 0 Å². The van der Waals surface area contributed by atoms with E-state index in [4.69, 9.17) is 11.6 Å². The molecule has 114 valence electrons. The molecule has 0 spiro atoms. The van der Waals surface area contributed by atoms with Crippen LogP contribution in [-0.2, 0) is 9.59 Å². The van der Waals surface area contributed by atoms with Crippen LogP contribution < -0.4 is 10.2 Å². The molecule has 2 rings (SSSR count). The number of carbonyl (C=O) groups is 2. The first kappa shape index (κ1) is 16.2. The van der Waals surface area contributed by atoms with Gasteiger partial charge in [0.25, 0.3) is 0 Å². The topological polar surface area (TPSA) is 49.4 Å². The highest BCUT2D eigenvalue weighted by Crippen LogP contribution is 2.37. The molecule has 0 aliphatic carbocycles. The molecular formula is C14H15BrClFN2O2. The van der Waals surface area contributed by atoms with E-state index in [1.807, 2.05) is 6.92 Å². The molecule has 1 heterocycles. The maximum absolute atomic E-state index is 13.3. The third-order valence-electron chi connectivity index (χ3n) is 3.42. The first-order valence-electron chi connectivity index (χ1n) is 6.64. The lowest BCUT2D eigenvalue weighted by Gasteiger charge is -2.38. The van der Waals surface area contributed by atoms with Crippen LogP contribution in [0.3, 0.4) is 0 Å². The summed E-state index contributed by atoms with van der Waals surface area (Å²) in [5, 5.41) is 2.79. The van der Waals surface area contributed by atoms with Gasteiger partial charge >= 0.3 is 0 Å². The number of piperazine rings is 1. The van der Waals surface area contributed by atoms with Crippen molar-refractivity contribution in [3.05, 3.63) is 27.4 Å². The number of amides is 2. The molecule has 7 heteroatoms. The zero-order valence-electron chi connectivity index (χ0n) is 11.6. The van der Waals surface area contributed by atoms with Crippen LogP contribution in [-0.4, -0.2) is 23.9 Å². The van der Waals surface area contributed by atoms with Crippen molar-refractivity contribution in [2.45, 2.75) is 38.8 Å². The average Bonchev–Trinajstić information content (AvgIpc) is 2.39. The summed E-state index contributed by atoms with van der Waals surface area (Å²) in [4.78, 5) is 26.0. The van der Waals surface area contributed by atoms with Crippen molar-refractivity contribution < 1.29 is 14.0 Å². The number of rotatable bonds is 3. The Hall–Kier alpha value is -1.14. The number of anilines is 1. The summed E-state index contributed by atoms with van der Waals surface area (Å²) < 4.78 is 13.7. The summed E-state index contributed by atoms with van der Waals surface area (Å²) in [6, 6.07) is 1.07. The molecule has 2 unspecified atom stereocenters. The molecule has 0 aromatic heterocycles. The van der Waals surface area contributed by atoms with Crippen molar-refractivity contribution in [2.75, 3.05) is 4.90 Å². The SMILES string of the molecule is CCCC1NC(=O)C(C)N(c2c(Cl)cc(F)cc2Br)C1=O. The van der Waals surface area contributed by atoms with Crippen LogP contribution >= 0.6 is 27.5 Å². The first-order chi connectivity index (χ1) is 9.86. The van der Waals surface area contributed by atoms with Crippen LogP contribution in [0.15, 0.2) is 16.6 Å². The van der Waals surface area contributed by atoms with Gasteiger partial charge in [0, 0.05) is 4.47 Å². The number of carbonyl (C=O) groups excluding carboxylic acids is 2. The van der Waals surface area contributed by atoms with E-state index in [0.29, 0.717) is 16.6 Å². The summed E-state index contributed by atoms with van der Waals surface area (Å²) in [5.74, 6) is -0.999. The number of nitrogens with zero attached hydrogens (tertiary/aromatic N) is 1. The third kappa shape index (κ3) is 3.06. The number of benzene rings is 1. The lowest BCUT2D eigenvalue weighted by atomic mass is 10.0. The van der Waals surface area contributed by atoms with E-state index in [-0.39, 0.29) is 16.8 Å². The van der Waals surface area contributed by atoms with Crippen LogP contribution in [0.4, 0.5) is 10.1 Å². The number of hydrogen-bond acceptors (Lipinski definition) is 2. The van der Waals surface area contributed by atoms with Gasteiger partial charge in [-0.25, -0.2) is 4.39 Å². The van der Waals surface area contributed by atoms with Crippen molar-refractivity contribution >= 4 is 45.0 Å². The van der Waals surface area contributed by atoms with E-state index in [0.717, 1.165) is 12.5 Å². The van der Waals surface area contributed by atoms with Gasteiger partial charge in [-0.2, -0.15) is 0 Å². The lowest BCUT2D eigenvalue weighted by molar-refractivity contribution is -0.133. The Balaban J connectivity index is 2.49. The molecular weight excluding hydrogens is 363 g/mol. The van der Waals surface area contributed by atoms with E-state index in [1.165, 1.54) is 11.0 Å². The van der Waals surface area contributed by atoms with Gasteiger partial charge in [-0.05, 0) is 41.4 Å². The minimum absolute atomic E-state index is 0.0898. The van der Waals surface area contributed by atoms with Crippen LogP contribution in [0.25, 0.3) is 0 Å². The smallest absolute Gasteiger partial charge is 0.250 e. The largest absolute Gasteiger partial charge is 0.342 e. The first-order valence-corrected chi connectivity index (χ1v) is 7.82. The van der Waals surface area contributed by atoms with Crippen LogP contribution in [0.1, 0.15) is 26.7 Å². The molecule has 1 fully saturated rings. The molecule has 0 radical (unpaired) electrons. The van der Waals surface area contributed by atoms with E-state index in [9.17, 15) is 14.0 Å². The Morgan fingerprint density at radius 2 is 2.10 bits per heavy atom. The number of halogens is 3. The van der Waals surface area contributed by atoms with E-state index in [1.54, 1.807) is 6.92 Å². The van der Waals surface area contributed by atoms with Crippen molar-refractivity contribution in [1.29, 1.82) is 0 Å². The molecule has 2 atom stereocenters. The van der Waals surface area contributed by atoms with E-state index < -0.39 is 17.9 Å². The Bertz CT molecular complexity index is 573. The van der Waals surface area contributed by atoms with Crippen molar-refractivity contribution in [1.82, 2.24) is 5.32 Å². The standard InChI is InChI=1S/C14H15BrClFN2O2/c1-3-4-11-14(21)19(7(2)13(20)18-11)12-9(15)5-8(17)6-10(12)16/h5-7,11H,3-4H2,1-2H3,(H,18,20). The molecule has 1 aliphatic rings. The second-order valence-electron chi connectivity index (χ2n) is 4.95. The summed E-state index contributed by atoms with van der Waals surface area (Å²) in [6.07, 6.45) is 1.31. The van der Waals surface area contributed by atoms with Gasteiger partial charge in [0.1, 0.15) is 17.9 Å². The fourth-order valence-electron chi connectivity index (χ4n) is 2.38. The van der Waals surface area contributed by atoms with Gasteiger partial charge in [0.15, 0.2) is 0 Å². The summed E-state index contributed by atoms with van der Waals surface area (Å²) in [6.45, 7) is 3.55. The Morgan fingerprint density at radius 1 is 1.43 bits per heavy atom. The van der Waals surface area contributed by atoms with Gasteiger partial charge < -0.3 is 5.32 Å². The fraction of sp³-hybridized carbons (Fsp3) is 0.429. The third-order valence-corrected chi connectivity index (χ3v) is 4.31. The molecule has 1 aliphatic heterocycles. The van der Waals surface area contributed by atoms with Crippen molar-refractivity contribution in [3.8, 4) is 0 Å². The predicted octanol–water partition coefficient (Wildman–Crippen LogP) is 3.26. The highest BCUT2D eigenvalue weighted by Gasteiger charge is 2.40. The summed E-state index contributed by atoms with van der Waals surface area (Å²) in [7, 11) is 0. The number of nitrogens with one attached hydrogen (secondary N) is 1. The molecule has 1 N–H and O–H groups in total. The van der Waals surface area contributed by atoms with Crippen LogP contribution in [0, 0.1) is 5.82 Å². The predicted molar refractivity (Wildman–Crippen MR) is 82.9 cm³/mol. The molecule has 0 saturated carbocycles.